The number of piperazine rings is 1. The minimum absolute atomic E-state index is 0.0596. The minimum Gasteiger partial charge on any atom is -0.338 e. The van der Waals surface area contributed by atoms with Gasteiger partial charge in [-0.05, 0) is 18.4 Å². The van der Waals surface area contributed by atoms with Crippen molar-refractivity contribution in [1.29, 1.82) is 0 Å². The Kier molecular flexibility index (Phi) is 4.90. The molecule has 0 saturated carbocycles. The molecule has 28 heavy (non-hydrogen) atoms. The van der Waals surface area contributed by atoms with E-state index in [1.807, 2.05) is 0 Å². The largest absolute Gasteiger partial charge is 0.338 e. The molecule has 11 heteroatoms. The Morgan fingerprint density at radius 3 is 2.46 bits per heavy atom. The Morgan fingerprint density at radius 1 is 1.11 bits per heavy atom. The molecular weight excluding hydrogens is 380 g/mol. The number of likely N-dealkylation sites (tertiary alicyclic amines) is 1. The fraction of sp³-hybridized carbons (Fsp3) is 0.706. The Balaban J connectivity index is 1.36. The number of anilines is 1. The van der Waals surface area contributed by atoms with Crippen LogP contribution in [0, 0.1) is 5.92 Å². The maximum atomic E-state index is 13.4. The van der Waals surface area contributed by atoms with Gasteiger partial charge in [-0.2, -0.15) is 17.6 Å². The predicted molar refractivity (Wildman–Crippen MR) is 92.4 cm³/mol. The van der Waals surface area contributed by atoms with Crippen LogP contribution in [0.1, 0.15) is 6.42 Å². The number of nitrogens with zero attached hydrogens (tertiary/aromatic N) is 4. The number of aromatic nitrogens is 2. The lowest BCUT2D eigenvalue weighted by molar-refractivity contribution is -0.172. The molecule has 1 aromatic rings. The maximum Gasteiger partial charge on any atom is 0.329 e. The van der Waals surface area contributed by atoms with Crippen LogP contribution >= 0.6 is 0 Å². The molecule has 3 fully saturated rings. The second-order valence-corrected chi connectivity index (χ2v) is 7.62. The van der Waals surface area contributed by atoms with Crippen LogP contribution in [0.5, 0.6) is 0 Å². The Hall–Kier alpha value is -2.01. The lowest BCUT2D eigenvalue weighted by Crippen LogP contribution is -2.54. The summed E-state index contributed by atoms with van der Waals surface area (Å²) in [6.45, 7) is 0.170. The van der Waals surface area contributed by atoms with Gasteiger partial charge in [0, 0.05) is 44.6 Å². The Bertz CT molecular complexity index is 705. The average molecular weight is 402 g/mol. The van der Waals surface area contributed by atoms with Crippen molar-refractivity contribution in [1.82, 2.24) is 25.5 Å². The summed E-state index contributed by atoms with van der Waals surface area (Å²) < 4.78 is 53.6. The first-order valence-electron chi connectivity index (χ1n) is 9.30. The molecule has 3 atom stereocenters. The van der Waals surface area contributed by atoms with E-state index in [4.69, 9.17) is 0 Å². The summed E-state index contributed by atoms with van der Waals surface area (Å²) in [6, 6.07) is 1.08. The van der Waals surface area contributed by atoms with Gasteiger partial charge in [-0.25, -0.2) is 9.97 Å². The SMILES string of the molecule is O=C([C@@H]1C[C@H](C2CN(c3ncccn3)CCN2)CN1)N1CC(F)(F)C(F)(F)C1. The van der Waals surface area contributed by atoms with Crippen molar-refractivity contribution in [2.75, 3.05) is 44.2 Å². The summed E-state index contributed by atoms with van der Waals surface area (Å²) in [5.74, 6) is -8.33. The fourth-order valence-electron chi connectivity index (χ4n) is 4.13. The van der Waals surface area contributed by atoms with E-state index < -0.39 is 36.9 Å². The monoisotopic (exact) mass is 402 g/mol. The molecular formula is C17H22F4N6O. The predicted octanol–water partition coefficient (Wildman–Crippen LogP) is 0.346. The van der Waals surface area contributed by atoms with E-state index in [0.717, 1.165) is 13.1 Å². The lowest BCUT2D eigenvalue weighted by Gasteiger charge is -2.36. The molecule has 7 nitrogen and oxygen atoms in total. The number of halogens is 4. The van der Waals surface area contributed by atoms with Gasteiger partial charge in [0.2, 0.25) is 11.9 Å². The average Bonchev–Trinajstić information content (AvgIpc) is 3.25. The van der Waals surface area contributed by atoms with Crippen LogP contribution in [-0.4, -0.2) is 84.0 Å². The second-order valence-electron chi connectivity index (χ2n) is 7.62. The molecule has 4 heterocycles. The zero-order chi connectivity index (χ0) is 19.9. The molecule has 1 unspecified atom stereocenters. The molecule has 0 radical (unpaired) electrons. The Labute approximate surface area is 159 Å². The third-order valence-corrected chi connectivity index (χ3v) is 5.70. The molecule has 3 aliphatic heterocycles. The van der Waals surface area contributed by atoms with Gasteiger partial charge in [0.25, 0.3) is 0 Å². The minimum atomic E-state index is -4.18. The van der Waals surface area contributed by atoms with Crippen LogP contribution in [0.4, 0.5) is 23.5 Å². The number of hydrogen-bond donors (Lipinski definition) is 2. The van der Waals surface area contributed by atoms with Crippen molar-refractivity contribution in [3.05, 3.63) is 18.5 Å². The van der Waals surface area contributed by atoms with Crippen LogP contribution < -0.4 is 15.5 Å². The first-order valence-corrected chi connectivity index (χ1v) is 9.30. The molecule has 0 spiro atoms. The van der Waals surface area contributed by atoms with Crippen molar-refractivity contribution in [3.8, 4) is 0 Å². The molecule has 0 aromatic carbocycles. The topological polar surface area (TPSA) is 73.4 Å². The number of hydrogen-bond acceptors (Lipinski definition) is 6. The first-order chi connectivity index (χ1) is 13.3. The summed E-state index contributed by atoms with van der Waals surface area (Å²) in [7, 11) is 0. The van der Waals surface area contributed by atoms with Crippen molar-refractivity contribution in [2.24, 2.45) is 5.92 Å². The van der Waals surface area contributed by atoms with Crippen LogP contribution in [-0.2, 0) is 4.79 Å². The van der Waals surface area contributed by atoms with E-state index in [1.54, 1.807) is 18.5 Å². The summed E-state index contributed by atoms with van der Waals surface area (Å²) >= 11 is 0. The van der Waals surface area contributed by atoms with Gasteiger partial charge in [0.05, 0.1) is 19.1 Å². The smallest absolute Gasteiger partial charge is 0.329 e. The van der Waals surface area contributed by atoms with Gasteiger partial charge >= 0.3 is 11.8 Å². The molecule has 1 aromatic heterocycles. The third kappa shape index (κ3) is 3.52. The van der Waals surface area contributed by atoms with Gasteiger partial charge in [-0.15, -0.1) is 0 Å². The zero-order valence-electron chi connectivity index (χ0n) is 15.1. The highest BCUT2D eigenvalue weighted by Crippen LogP contribution is 2.41. The van der Waals surface area contributed by atoms with Crippen LogP contribution in [0.15, 0.2) is 18.5 Å². The second kappa shape index (κ2) is 7.11. The van der Waals surface area contributed by atoms with Crippen molar-refractivity contribution >= 4 is 11.9 Å². The molecule has 0 bridgehead atoms. The summed E-state index contributed by atoms with van der Waals surface area (Å²) in [5, 5.41) is 6.43. The third-order valence-electron chi connectivity index (χ3n) is 5.70. The summed E-state index contributed by atoms with van der Waals surface area (Å²) in [5.41, 5.74) is 0. The van der Waals surface area contributed by atoms with Crippen molar-refractivity contribution in [3.63, 3.8) is 0 Å². The van der Waals surface area contributed by atoms with Gasteiger partial charge in [0.1, 0.15) is 0 Å². The van der Waals surface area contributed by atoms with E-state index in [2.05, 4.69) is 25.5 Å². The highest BCUT2D eigenvalue weighted by atomic mass is 19.3. The van der Waals surface area contributed by atoms with E-state index in [-0.39, 0.29) is 12.0 Å². The highest BCUT2D eigenvalue weighted by molar-refractivity contribution is 5.82. The number of amides is 1. The first kappa shape index (κ1) is 19.3. The number of nitrogens with one attached hydrogen (secondary N) is 2. The maximum absolute atomic E-state index is 13.4. The number of alkyl halides is 4. The normalized spacial score (nSPS) is 31.9. The van der Waals surface area contributed by atoms with E-state index in [1.165, 1.54) is 0 Å². The quantitative estimate of drug-likeness (QED) is 0.711. The number of rotatable bonds is 3. The Morgan fingerprint density at radius 2 is 1.79 bits per heavy atom. The van der Waals surface area contributed by atoms with Crippen LogP contribution in [0.25, 0.3) is 0 Å². The standard InChI is InChI=1S/C17H22F4N6O/c18-16(19)9-27(10-17(16,20)21)14(28)12-6-11(7-25-12)13-8-26(5-4-22-13)15-23-2-1-3-24-15/h1-3,11-13,22,25H,4-10H2/t11-,12-,13?/m0/s1. The molecule has 154 valence electrons. The lowest BCUT2D eigenvalue weighted by atomic mass is 9.94. The summed E-state index contributed by atoms with van der Waals surface area (Å²) in [4.78, 5) is 23.6. The van der Waals surface area contributed by atoms with Crippen LogP contribution in [0.3, 0.4) is 0 Å². The molecule has 3 aliphatic rings. The zero-order valence-corrected chi connectivity index (χ0v) is 15.1. The van der Waals surface area contributed by atoms with Crippen molar-refractivity contribution < 1.29 is 22.4 Å². The van der Waals surface area contributed by atoms with E-state index in [9.17, 15) is 22.4 Å². The highest BCUT2D eigenvalue weighted by Gasteiger charge is 2.64. The number of carbonyl (C=O) groups excluding carboxylic acids is 1. The molecule has 3 saturated heterocycles. The van der Waals surface area contributed by atoms with Gasteiger partial charge < -0.3 is 20.4 Å². The fourth-order valence-corrected chi connectivity index (χ4v) is 4.13. The summed E-state index contributed by atoms with van der Waals surface area (Å²) in [6.07, 6.45) is 3.76. The van der Waals surface area contributed by atoms with E-state index in [0.29, 0.717) is 30.4 Å². The molecule has 2 N–H and O–H groups in total. The number of carbonyl (C=O) groups is 1. The molecule has 1 amide bonds. The van der Waals surface area contributed by atoms with Crippen molar-refractivity contribution in [2.45, 2.75) is 30.3 Å². The van der Waals surface area contributed by atoms with Gasteiger partial charge in [-0.3, -0.25) is 4.79 Å². The van der Waals surface area contributed by atoms with Crippen LogP contribution in [0.2, 0.25) is 0 Å². The van der Waals surface area contributed by atoms with Gasteiger partial charge in [-0.1, -0.05) is 0 Å². The molecule has 0 aliphatic carbocycles. The van der Waals surface area contributed by atoms with Gasteiger partial charge in [0.15, 0.2) is 0 Å². The molecule has 4 rings (SSSR count). The van der Waals surface area contributed by atoms with E-state index >= 15 is 0 Å².